The maximum Gasteiger partial charge on any atom is 0.325 e. The number of methoxy groups -OCH3 is 1. The fraction of sp³-hybridized carbons (Fsp3) is 0.308. The molecule has 0 aliphatic heterocycles. The molecule has 36 heavy (non-hydrogen) atoms. The minimum Gasteiger partial charge on any atom is -0.494 e. The Bertz CT molecular complexity index is 1130. The van der Waals surface area contributed by atoms with Gasteiger partial charge >= 0.3 is 12.0 Å². The summed E-state index contributed by atoms with van der Waals surface area (Å²) in [5.41, 5.74) is 1.82. The summed E-state index contributed by atoms with van der Waals surface area (Å²) in [6.45, 7) is 3.85. The summed E-state index contributed by atoms with van der Waals surface area (Å²) in [6.07, 6.45) is 6.09. The van der Waals surface area contributed by atoms with Crippen molar-refractivity contribution in [2.24, 2.45) is 0 Å². The summed E-state index contributed by atoms with van der Waals surface area (Å²) in [5, 5.41) is 5.38. The molecule has 1 aromatic heterocycles. The zero-order valence-corrected chi connectivity index (χ0v) is 20.5. The molecule has 3 rings (SSSR count). The molecule has 1 heterocycles. The van der Waals surface area contributed by atoms with Gasteiger partial charge in [0.2, 0.25) is 0 Å². The van der Waals surface area contributed by atoms with Crippen molar-refractivity contribution in [2.45, 2.75) is 26.4 Å². The lowest BCUT2D eigenvalue weighted by Crippen LogP contribution is -2.35. The van der Waals surface area contributed by atoms with Crippen LogP contribution in [0.1, 0.15) is 29.3 Å². The highest BCUT2D eigenvalue weighted by atomic mass is 16.5. The van der Waals surface area contributed by atoms with Gasteiger partial charge in [0.25, 0.3) is 5.91 Å². The number of nitrogens with one attached hydrogen (secondary N) is 2. The number of carbonyl (C=O) groups is 3. The normalized spacial score (nSPS) is 10.4. The molecule has 0 aliphatic rings. The number of nitrogens with zero attached hydrogens (tertiary/aromatic N) is 3. The number of para-hydroxylation sites is 1. The highest BCUT2D eigenvalue weighted by Crippen LogP contribution is 2.21. The van der Waals surface area contributed by atoms with E-state index in [1.807, 2.05) is 42.0 Å². The first-order valence-electron chi connectivity index (χ1n) is 11.7. The van der Waals surface area contributed by atoms with Gasteiger partial charge in [-0.25, -0.2) is 9.78 Å². The first-order chi connectivity index (χ1) is 17.5. The van der Waals surface area contributed by atoms with Crippen LogP contribution in [0.2, 0.25) is 0 Å². The number of imidazole rings is 1. The first kappa shape index (κ1) is 26.3. The van der Waals surface area contributed by atoms with Crippen LogP contribution in [0.25, 0.3) is 0 Å². The van der Waals surface area contributed by atoms with Gasteiger partial charge in [-0.1, -0.05) is 18.2 Å². The zero-order chi connectivity index (χ0) is 25.8. The summed E-state index contributed by atoms with van der Waals surface area (Å²) in [4.78, 5) is 42.4. The van der Waals surface area contributed by atoms with Crippen molar-refractivity contribution < 1.29 is 23.9 Å². The SMILES string of the molecule is CCOc1ccccc1CN(CCCn1ccnc1)C(=O)Nc1ccc(C(=O)NCC(=O)OC)cc1. The molecule has 0 saturated carbocycles. The maximum absolute atomic E-state index is 13.2. The summed E-state index contributed by atoms with van der Waals surface area (Å²) < 4.78 is 12.2. The second-order valence-corrected chi connectivity index (χ2v) is 7.88. The van der Waals surface area contributed by atoms with Crippen molar-refractivity contribution in [3.8, 4) is 5.75 Å². The smallest absolute Gasteiger partial charge is 0.325 e. The molecular formula is C26H31N5O5. The lowest BCUT2D eigenvalue weighted by molar-refractivity contribution is -0.139. The molecule has 2 aromatic carbocycles. The standard InChI is InChI=1S/C26H31N5O5/c1-3-36-23-8-5-4-7-21(23)18-31(15-6-14-30-16-13-27-19-30)26(34)29-22-11-9-20(10-12-22)25(33)28-17-24(32)35-2/h4-5,7-13,16,19H,3,6,14-15,17-18H2,1-2H3,(H,28,33)(H,29,34). The van der Waals surface area contributed by atoms with Crippen LogP contribution in [-0.2, 0) is 22.6 Å². The molecule has 0 bridgehead atoms. The molecule has 190 valence electrons. The van der Waals surface area contributed by atoms with Gasteiger partial charge in [0.05, 0.1) is 26.6 Å². The van der Waals surface area contributed by atoms with E-state index in [9.17, 15) is 14.4 Å². The van der Waals surface area contributed by atoms with Crippen LogP contribution >= 0.6 is 0 Å². The molecule has 2 N–H and O–H groups in total. The molecule has 10 nitrogen and oxygen atoms in total. The number of urea groups is 1. The number of rotatable bonds is 12. The van der Waals surface area contributed by atoms with Gasteiger partial charge in [0.1, 0.15) is 12.3 Å². The summed E-state index contributed by atoms with van der Waals surface area (Å²) in [6, 6.07) is 13.8. The molecule has 0 radical (unpaired) electrons. The molecule has 0 aliphatic carbocycles. The summed E-state index contributed by atoms with van der Waals surface area (Å²) >= 11 is 0. The number of amides is 3. The number of hydrogen-bond donors (Lipinski definition) is 2. The average Bonchev–Trinajstić information content (AvgIpc) is 3.41. The van der Waals surface area contributed by atoms with Crippen molar-refractivity contribution in [1.29, 1.82) is 0 Å². The van der Waals surface area contributed by atoms with E-state index >= 15 is 0 Å². The van der Waals surface area contributed by atoms with E-state index in [4.69, 9.17) is 4.74 Å². The number of carbonyl (C=O) groups excluding carboxylic acids is 3. The van der Waals surface area contributed by atoms with Crippen LogP contribution in [-0.4, -0.2) is 59.2 Å². The van der Waals surface area contributed by atoms with Gasteiger partial charge in [-0.3, -0.25) is 9.59 Å². The fourth-order valence-corrected chi connectivity index (χ4v) is 3.49. The molecule has 0 atom stereocenters. The number of benzene rings is 2. The Kier molecular flexibility index (Phi) is 9.87. The van der Waals surface area contributed by atoms with Crippen molar-refractivity contribution in [3.63, 3.8) is 0 Å². The number of ether oxygens (including phenoxy) is 2. The quantitative estimate of drug-likeness (QED) is 0.374. The Morgan fingerprint density at radius 1 is 1.08 bits per heavy atom. The Hall–Kier alpha value is -4.34. The molecule has 0 spiro atoms. The lowest BCUT2D eigenvalue weighted by Gasteiger charge is -2.24. The minimum absolute atomic E-state index is 0.217. The molecular weight excluding hydrogens is 462 g/mol. The fourth-order valence-electron chi connectivity index (χ4n) is 3.49. The number of esters is 1. The van der Waals surface area contributed by atoms with Gasteiger partial charge in [0, 0.05) is 42.3 Å². The van der Waals surface area contributed by atoms with Crippen molar-refractivity contribution in [2.75, 3.05) is 32.1 Å². The van der Waals surface area contributed by atoms with E-state index in [-0.39, 0.29) is 12.6 Å². The second-order valence-electron chi connectivity index (χ2n) is 7.88. The van der Waals surface area contributed by atoms with Gasteiger partial charge in [-0.2, -0.15) is 0 Å². The van der Waals surface area contributed by atoms with E-state index in [2.05, 4.69) is 20.4 Å². The van der Waals surface area contributed by atoms with Crippen LogP contribution in [0.15, 0.2) is 67.3 Å². The third-order valence-corrected chi connectivity index (χ3v) is 5.34. The molecule has 0 unspecified atom stereocenters. The first-order valence-corrected chi connectivity index (χ1v) is 11.7. The van der Waals surface area contributed by atoms with Gasteiger partial charge in [-0.15, -0.1) is 0 Å². The highest BCUT2D eigenvalue weighted by molar-refractivity contribution is 5.97. The number of hydrogen-bond acceptors (Lipinski definition) is 6. The predicted octanol–water partition coefficient (Wildman–Crippen LogP) is 3.31. The average molecular weight is 494 g/mol. The third-order valence-electron chi connectivity index (χ3n) is 5.34. The maximum atomic E-state index is 13.2. The van der Waals surface area contributed by atoms with E-state index in [1.165, 1.54) is 7.11 Å². The van der Waals surface area contributed by atoms with E-state index in [0.29, 0.717) is 30.9 Å². The molecule has 10 heteroatoms. The van der Waals surface area contributed by atoms with Crippen LogP contribution < -0.4 is 15.4 Å². The highest BCUT2D eigenvalue weighted by Gasteiger charge is 2.17. The molecule has 3 amide bonds. The van der Waals surface area contributed by atoms with Crippen molar-refractivity contribution >= 4 is 23.6 Å². The van der Waals surface area contributed by atoms with Crippen LogP contribution in [0.3, 0.4) is 0 Å². The summed E-state index contributed by atoms with van der Waals surface area (Å²) in [5.74, 6) is -0.201. The number of anilines is 1. The van der Waals surface area contributed by atoms with Crippen LogP contribution in [0, 0.1) is 0 Å². The zero-order valence-electron chi connectivity index (χ0n) is 20.5. The van der Waals surface area contributed by atoms with E-state index < -0.39 is 11.9 Å². The van der Waals surface area contributed by atoms with E-state index in [0.717, 1.165) is 24.3 Å². The topological polar surface area (TPSA) is 115 Å². The molecule has 0 saturated heterocycles. The van der Waals surface area contributed by atoms with Crippen molar-refractivity contribution in [3.05, 3.63) is 78.4 Å². The Morgan fingerprint density at radius 2 is 1.86 bits per heavy atom. The van der Waals surface area contributed by atoms with Crippen LogP contribution in [0.4, 0.5) is 10.5 Å². The Balaban J connectivity index is 1.66. The van der Waals surface area contributed by atoms with E-state index in [1.54, 1.807) is 41.7 Å². The van der Waals surface area contributed by atoms with Crippen LogP contribution in [0.5, 0.6) is 5.75 Å². The van der Waals surface area contributed by atoms with Gasteiger partial charge in [0.15, 0.2) is 0 Å². The number of aryl methyl sites for hydroxylation is 1. The monoisotopic (exact) mass is 493 g/mol. The third kappa shape index (κ3) is 7.86. The minimum atomic E-state index is -0.536. The lowest BCUT2D eigenvalue weighted by atomic mass is 10.1. The number of aromatic nitrogens is 2. The summed E-state index contributed by atoms with van der Waals surface area (Å²) in [7, 11) is 1.25. The Morgan fingerprint density at radius 3 is 2.56 bits per heavy atom. The molecule has 0 fully saturated rings. The predicted molar refractivity (Wildman–Crippen MR) is 135 cm³/mol. The van der Waals surface area contributed by atoms with Gasteiger partial charge < -0.3 is 29.6 Å². The van der Waals surface area contributed by atoms with Gasteiger partial charge in [-0.05, 0) is 43.7 Å². The molecule has 3 aromatic rings. The Labute approximate surface area is 210 Å². The van der Waals surface area contributed by atoms with Crippen molar-refractivity contribution in [1.82, 2.24) is 19.8 Å². The largest absolute Gasteiger partial charge is 0.494 e. The second kappa shape index (κ2) is 13.5.